The van der Waals surface area contributed by atoms with Crippen molar-refractivity contribution in [3.8, 4) is 0 Å². The zero-order valence-corrected chi connectivity index (χ0v) is 9.22. The van der Waals surface area contributed by atoms with Crippen molar-refractivity contribution < 1.29 is 14.3 Å². The van der Waals surface area contributed by atoms with Gasteiger partial charge < -0.3 is 9.47 Å². The Morgan fingerprint density at radius 3 is 2.85 bits per heavy atom. The van der Waals surface area contributed by atoms with E-state index >= 15 is 0 Å². The average molecular weight is 251 g/mol. The number of alkyl halides is 1. The summed E-state index contributed by atoms with van der Waals surface area (Å²) < 4.78 is 9.89. The standard InChI is InChI=1S/C9H15BrO3/c10-5-3-1-2-4-9(11)13-7-8-6-12-8/h8H,1-7H2. The maximum atomic E-state index is 11.0. The van der Waals surface area contributed by atoms with Crippen molar-refractivity contribution in [3.05, 3.63) is 0 Å². The third-order valence-electron chi connectivity index (χ3n) is 1.85. The minimum Gasteiger partial charge on any atom is -0.463 e. The molecule has 0 aliphatic carbocycles. The molecule has 0 bridgehead atoms. The third kappa shape index (κ3) is 6.05. The van der Waals surface area contributed by atoms with Crippen LogP contribution in [0.25, 0.3) is 0 Å². The number of hydrogen-bond donors (Lipinski definition) is 0. The van der Waals surface area contributed by atoms with Crippen molar-refractivity contribution in [1.29, 1.82) is 0 Å². The Bertz CT molecular complexity index is 157. The van der Waals surface area contributed by atoms with Crippen molar-refractivity contribution in [2.75, 3.05) is 18.5 Å². The molecule has 0 radical (unpaired) electrons. The topological polar surface area (TPSA) is 38.8 Å². The van der Waals surface area contributed by atoms with Gasteiger partial charge in [0.2, 0.25) is 0 Å². The first-order valence-electron chi connectivity index (χ1n) is 4.66. The maximum absolute atomic E-state index is 11.0. The van der Waals surface area contributed by atoms with Crippen LogP contribution in [-0.4, -0.2) is 30.6 Å². The van der Waals surface area contributed by atoms with Gasteiger partial charge in [-0.2, -0.15) is 0 Å². The molecule has 1 rings (SSSR count). The Hall–Kier alpha value is -0.0900. The van der Waals surface area contributed by atoms with Crippen LogP contribution in [0.3, 0.4) is 0 Å². The van der Waals surface area contributed by atoms with Crippen molar-refractivity contribution in [1.82, 2.24) is 0 Å². The molecule has 1 atom stereocenters. The summed E-state index contributed by atoms with van der Waals surface area (Å²) in [6.07, 6.45) is 3.86. The highest BCUT2D eigenvalue weighted by Gasteiger charge is 2.23. The molecule has 0 aromatic rings. The van der Waals surface area contributed by atoms with Crippen LogP contribution >= 0.6 is 15.9 Å². The van der Waals surface area contributed by atoms with E-state index in [-0.39, 0.29) is 12.1 Å². The van der Waals surface area contributed by atoms with Gasteiger partial charge in [-0.05, 0) is 12.8 Å². The molecule has 1 aliphatic rings. The Labute approximate surface area is 86.9 Å². The SMILES string of the molecule is O=C(CCCCCBr)OCC1CO1. The number of ether oxygens (including phenoxy) is 2. The number of rotatable bonds is 7. The summed E-state index contributed by atoms with van der Waals surface area (Å²) in [4.78, 5) is 11.0. The van der Waals surface area contributed by atoms with Crippen LogP contribution in [0.1, 0.15) is 25.7 Å². The van der Waals surface area contributed by atoms with Gasteiger partial charge in [0.15, 0.2) is 0 Å². The lowest BCUT2D eigenvalue weighted by Gasteiger charge is -2.01. The van der Waals surface area contributed by atoms with Crippen LogP contribution < -0.4 is 0 Å². The van der Waals surface area contributed by atoms with Gasteiger partial charge in [0.1, 0.15) is 12.7 Å². The van der Waals surface area contributed by atoms with Gasteiger partial charge >= 0.3 is 5.97 Å². The highest BCUT2D eigenvalue weighted by Crippen LogP contribution is 2.10. The largest absolute Gasteiger partial charge is 0.463 e. The van der Waals surface area contributed by atoms with Crippen LogP contribution in [0.4, 0.5) is 0 Å². The van der Waals surface area contributed by atoms with Gasteiger partial charge in [-0.25, -0.2) is 0 Å². The van der Waals surface area contributed by atoms with Crippen molar-refractivity contribution in [3.63, 3.8) is 0 Å². The summed E-state index contributed by atoms with van der Waals surface area (Å²) in [5.41, 5.74) is 0. The summed E-state index contributed by atoms with van der Waals surface area (Å²) in [6.45, 7) is 1.19. The zero-order valence-electron chi connectivity index (χ0n) is 7.63. The molecule has 1 saturated heterocycles. The Kier molecular flexibility index (Phi) is 5.39. The molecule has 76 valence electrons. The summed E-state index contributed by atoms with van der Waals surface area (Å²) in [6, 6.07) is 0. The summed E-state index contributed by atoms with van der Waals surface area (Å²) in [5.74, 6) is -0.0925. The second-order valence-corrected chi connectivity index (χ2v) is 3.93. The minimum absolute atomic E-state index is 0.0925. The van der Waals surface area contributed by atoms with E-state index in [1.54, 1.807) is 0 Å². The molecule has 0 aromatic carbocycles. The predicted molar refractivity (Wildman–Crippen MR) is 53.0 cm³/mol. The number of unbranched alkanes of at least 4 members (excludes halogenated alkanes) is 2. The summed E-state index contributed by atoms with van der Waals surface area (Å²) in [5, 5.41) is 1.01. The minimum atomic E-state index is -0.0925. The lowest BCUT2D eigenvalue weighted by atomic mass is 10.2. The first-order valence-corrected chi connectivity index (χ1v) is 5.78. The smallest absolute Gasteiger partial charge is 0.305 e. The van der Waals surface area contributed by atoms with Gasteiger partial charge in [-0.3, -0.25) is 4.79 Å². The molecule has 0 spiro atoms. The van der Waals surface area contributed by atoms with E-state index < -0.39 is 0 Å². The van der Waals surface area contributed by atoms with Gasteiger partial charge in [0, 0.05) is 11.8 Å². The molecular weight excluding hydrogens is 236 g/mol. The monoisotopic (exact) mass is 250 g/mol. The Morgan fingerprint density at radius 2 is 2.23 bits per heavy atom. The number of epoxide rings is 1. The quantitative estimate of drug-likeness (QED) is 0.300. The average Bonchev–Trinajstić information content (AvgIpc) is 2.92. The van der Waals surface area contributed by atoms with Crippen molar-refractivity contribution >= 4 is 21.9 Å². The van der Waals surface area contributed by atoms with Crippen molar-refractivity contribution in [2.45, 2.75) is 31.8 Å². The van der Waals surface area contributed by atoms with Crippen LogP contribution in [-0.2, 0) is 14.3 Å². The van der Waals surface area contributed by atoms with Gasteiger partial charge in [0.25, 0.3) is 0 Å². The summed E-state index contributed by atoms with van der Waals surface area (Å²) in [7, 11) is 0. The highest BCUT2D eigenvalue weighted by atomic mass is 79.9. The normalized spacial score (nSPS) is 19.9. The molecule has 1 unspecified atom stereocenters. The molecule has 13 heavy (non-hydrogen) atoms. The molecule has 3 nitrogen and oxygen atoms in total. The summed E-state index contributed by atoms with van der Waals surface area (Å²) >= 11 is 3.34. The number of carbonyl (C=O) groups excluding carboxylic acids is 1. The van der Waals surface area contributed by atoms with E-state index in [0.29, 0.717) is 13.0 Å². The van der Waals surface area contributed by atoms with E-state index in [9.17, 15) is 4.79 Å². The van der Waals surface area contributed by atoms with Crippen LogP contribution in [0.5, 0.6) is 0 Å². The van der Waals surface area contributed by atoms with E-state index in [1.165, 1.54) is 0 Å². The van der Waals surface area contributed by atoms with Crippen LogP contribution in [0, 0.1) is 0 Å². The second kappa shape index (κ2) is 6.38. The molecule has 0 amide bonds. The zero-order chi connectivity index (χ0) is 9.52. The predicted octanol–water partition coefficient (Wildman–Crippen LogP) is 1.88. The Morgan fingerprint density at radius 1 is 1.46 bits per heavy atom. The van der Waals surface area contributed by atoms with Crippen LogP contribution in [0.2, 0.25) is 0 Å². The van der Waals surface area contributed by atoms with Gasteiger partial charge in [-0.15, -0.1) is 0 Å². The molecular formula is C9H15BrO3. The van der Waals surface area contributed by atoms with Crippen LogP contribution in [0.15, 0.2) is 0 Å². The first kappa shape index (κ1) is 11.0. The molecule has 4 heteroatoms. The molecule has 1 fully saturated rings. The fraction of sp³-hybridized carbons (Fsp3) is 0.889. The van der Waals surface area contributed by atoms with Crippen molar-refractivity contribution in [2.24, 2.45) is 0 Å². The fourth-order valence-electron chi connectivity index (χ4n) is 0.963. The Balaban J connectivity index is 1.84. The molecule has 0 N–H and O–H groups in total. The van der Waals surface area contributed by atoms with E-state index in [4.69, 9.17) is 9.47 Å². The van der Waals surface area contributed by atoms with Gasteiger partial charge in [-0.1, -0.05) is 22.4 Å². The fourth-order valence-corrected chi connectivity index (χ4v) is 1.36. The number of hydrogen-bond acceptors (Lipinski definition) is 3. The first-order chi connectivity index (χ1) is 6.33. The number of carbonyl (C=O) groups is 1. The van der Waals surface area contributed by atoms with Gasteiger partial charge in [0.05, 0.1) is 6.61 Å². The maximum Gasteiger partial charge on any atom is 0.305 e. The lowest BCUT2D eigenvalue weighted by Crippen LogP contribution is -2.09. The number of esters is 1. The molecule has 0 aromatic heterocycles. The van der Waals surface area contributed by atoms with E-state index in [1.807, 2.05) is 0 Å². The molecule has 0 saturated carbocycles. The highest BCUT2D eigenvalue weighted by molar-refractivity contribution is 9.09. The molecule has 1 heterocycles. The van der Waals surface area contributed by atoms with E-state index in [2.05, 4.69) is 15.9 Å². The third-order valence-corrected chi connectivity index (χ3v) is 2.41. The molecule has 1 aliphatic heterocycles. The number of halogens is 1. The van der Waals surface area contributed by atoms with E-state index in [0.717, 1.165) is 31.2 Å². The lowest BCUT2D eigenvalue weighted by molar-refractivity contribution is -0.144. The second-order valence-electron chi connectivity index (χ2n) is 3.14.